The summed E-state index contributed by atoms with van der Waals surface area (Å²) in [6, 6.07) is 0. The number of likely N-dealkylation sites (tertiary alicyclic amines) is 2. The molecule has 0 bridgehead atoms. The molecule has 2 saturated heterocycles. The molecule has 0 spiro atoms. The maximum absolute atomic E-state index is 12.2. The molecule has 7 heteroatoms. The molecule has 3 heterocycles. The maximum atomic E-state index is 12.2. The number of hydrogen-bond donors (Lipinski definition) is 0. The van der Waals surface area contributed by atoms with Crippen LogP contribution < -0.4 is 0 Å². The van der Waals surface area contributed by atoms with Crippen LogP contribution in [-0.4, -0.2) is 82.2 Å². The lowest BCUT2D eigenvalue weighted by atomic mass is 9.95. The van der Waals surface area contributed by atoms with Crippen LogP contribution in [-0.2, 0) is 17.9 Å². The van der Waals surface area contributed by atoms with Gasteiger partial charge in [-0.05, 0) is 59.8 Å². The highest BCUT2D eigenvalue weighted by Crippen LogP contribution is 2.28. The van der Waals surface area contributed by atoms with Gasteiger partial charge in [-0.25, -0.2) is 0 Å². The highest BCUT2D eigenvalue weighted by Gasteiger charge is 2.28. The van der Waals surface area contributed by atoms with Gasteiger partial charge in [0.15, 0.2) is 0 Å². The van der Waals surface area contributed by atoms with Gasteiger partial charge in [0.1, 0.15) is 11.6 Å². The SMILES string of the molecule is CCn1c(CN2CCCC2)nnc1C1CCN(C(=O)CN(C)C)CC1. The first kappa shape index (κ1) is 18.3. The van der Waals surface area contributed by atoms with E-state index in [1.165, 1.54) is 25.9 Å². The van der Waals surface area contributed by atoms with E-state index in [1.807, 2.05) is 23.9 Å². The molecule has 7 nitrogen and oxygen atoms in total. The Morgan fingerprint density at radius 3 is 2.40 bits per heavy atom. The van der Waals surface area contributed by atoms with Crippen LogP contribution >= 0.6 is 0 Å². The third-order valence-corrected chi connectivity index (χ3v) is 5.40. The van der Waals surface area contributed by atoms with Crippen molar-refractivity contribution in [3.63, 3.8) is 0 Å². The Bertz CT molecular complexity index is 570. The van der Waals surface area contributed by atoms with Gasteiger partial charge < -0.3 is 14.4 Å². The zero-order valence-electron chi connectivity index (χ0n) is 15.9. The van der Waals surface area contributed by atoms with Gasteiger partial charge in [0.2, 0.25) is 5.91 Å². The van der Waals surface area contributed by atoms with Gasteiger partial charge in [-0.3, -0.25) is 9.69 Å². The molecule has 2 aliphatic heterocycles. The van der Waals surface area contributed by atoms with Crippen LogP contribution in [0.15, 0.2) is 0 Å². The predicted molar refractivity (Wildman–Crippen MR) is 97.3 cm³/mol. The van der Waals surface area contributed by atoms with E-state index in [9.17, 15) is 4.79 Å². The molecule has 0 saturated carbocycles. The average molecular weight is 348 g/mol. The lowest BCUT2D eigenvalue weighted by Gasteiger charge is -2.32. The number of amides is 1. The Balaban J connectivity index is 1.61. The van der Waals surface area contributed by atoms with Gasteiger partial charge in [0.25, 0.3) is 0 Å². The van der Waals surface area contributed by atoms with Crippen molar-refractivity contribution in [3.8, 4) is 0 Å². The van der Waals surface area contributed by atoms with Crippen molar-refractivity contribution in [2.75, 3.05) is 46.8 Å². The van der Waals surface area contributed by atoms with Crippen LogP contribution in [0.1, 0.15) is 50.2 Å². The van der Waals surface area contributed by atoms with Gasteiger partial charge in [-0.15, -0.1) is 10.2 Å². The lowest BCUT2D eigenvalue weighted by molar-refractivity contribution is -0.132. The summed E-state index contributed by atoms with van der Waals surface area (Å²) in [5.74, 6) is 2.88. The lowest BCUT2D eigenvalue weighted by Crippen LogP contribution is -2.42. The number of aromatic nitrogens is 3. The second-order valence-electron chi connectivity index (χ2n) is 7.59. The minimum atomic E-state index is 0.232. The van der Waals surface area contributed by atoms with E-state index in [0.717, 1.165) is 50.7 Å². The zero-order valence-corrected chi connectivity index (χ0v) is 15.9. The first-order chi connectivity index (χ1) is 12.1. The molecular formula is C18H32N6O. The Kier molecular flexibility index (Phi) is 6.06. The minimum absolute atomic E-state index is 0.232. The van der Waals surface area contributed by atoms with Crippen LogP contribution in [0.2, 0.25) is 0 Å². The second-order valence-corrected chi connectivity index (χ2v) is 7.59. The Labute approximate surface area is 151 Å². The smallest absolute Gasteiger partial charge is 0.236 e. The van der Waals surface area contributed by atoms with Crippen molar-refractivity contribution in [1.29, 1.82) is 0 Å². The molecule has 0 aromatic carbocycles. The van der Waals surface area contributed by atoms with Crippen LogP contribution in [0.4, 0.5) is 0 Å². The molecule has 0 atom stereocenters. The molecule has 2 aliphatic rings. The summed E-state index contributed by atoms with van der Waals surface area (Å²) >= 11 is 0. The third-order valence-electron chi connectivity index (χ3n) is 5.40. The standard InChI is InChI=1S/C18H32N6O/c1-4-24-16(13-22-9-5-6-10-22)19-20-18(24)15-7-11-23(12-8-15)17(25)14-21(2)3/h15H,4-14H2,1-3H3. The maximum Gasteiger partial charge on any atom is 0.236 e. The molecule has 25 heavy (non-hydrogen) atoms. The van der Waals surface area contributed by atoms with E-state index < -0.39 is 0 Å². The number of hydrogen-bond acceptors (Lipinski definition) is 5. The summed E-state index contributed by atoms with van der Waals surface area (Å²) in [7, 11) is 3.88. The first-order valence-corrected chi connectivity index (χ1v) is 9.65. The van der Waals surface area contributed by atoms with Gasteiger partial charge in [0, 0.05) is 25.6 Å². The van der Waals surface area contributed by atoms with E-state index in [2.05, 4.69) is 26.6 Å². The number of carbonyl (C=O) groups is 1. The van der Waals surface area contributed by atoms with E-state index in [1.54, 1.807) is 0 Å². The Hall–Kier alpha value is -1.47. The van der Waals surface area contributed by atoms with Crippen molar-refractivity contribution in [2.45, 2.75) is 51.6 Å². The molecule has 1 aromatic rings. The van der Waals surface area contributed by atoms with Crippen molar-refractivity contribution in [1.82, 2.24) is 29.5 Å². The van der Waals surface area contributed by atoms with E-state index in [-0.39, 0.29) is 5.91 Å². The topological polar surface area (TPSA) is 57.5 Å². The van der Waals surface area contributed by atoms with Gasteiger partial charge >= 0.3 is 0 Å². The summed E-state index contributed by atoms with van der Waals surface area (Å²) in [6.45, 7) is 8.53. The molecule has 0 aliphatic carbocycles. The molecule has 140 valence electrons. The number of likely N-dealkylation sites (N-methyl/N-ethyl adjacent to an activating group) is 1. The Morgan fingerprint density at radius 1 is 1.12 bits per heavy atom. The molecule has 1 amide bonds. The number of rotatable bonds is 6. The minimum Gasteiger partial charge on any atom is -0.342 e. The summed E-state index contributed by atoms with van der Waals surface area (Å²) in [5.41, 5.74) is 0. The fraction of sp³-hybridized carbons (Fsp3) is 0.833. The predicted octanol–water partition coefficient (Wildman–Crippen LogP) is 1.16. The fourth-order valence-corrected chi connectivity index (χ4v) is 4.01. The Morgan fingerprint density at radius 2 is 1.80 bits per heavy atom. The normalized spacial score (nSPS) is 19.9. The fourth-order valence-electron chi connectivity index (χ4n) is 4.01. The quantitative estimate of drug-likeness (QED) is 0.772. The highest BCUT2D eigenvalue weighted by molar-refractivity contribution is 5.78. The molecule has 0 N–H and O–H groups in total. The largest absolute Gasteiger partial charge is 0.342 e. The molecular weight excluding hydrogens is 316 g/mol. The number of piperidine rings is 1. The van der Waals surface area contributed by atoms with Crippen LogP contribution in [0.3, 0.4) is 0 Å². The van der Waals surface area contributed by atoms with E-state index >= 15 is 0 Å². The third kappa shape index (κ3) is 4.39. The van der Waals surface area contributed by atoms with Crippen molar-refractivity contribution in [2.24, 2.45) is 0 Å². The van der Waals surface area contributed by atoms with Gasteiger partial charge in [-0.2, -0.15) is 0 Å². The van der Waals surface area contributed by atoms with Crippen LogP contribution in [0.5, 0.6) is 0 Å². The second kappa shape index (κ2) is 8.27. The van der Waals surface area contributed by atoms with Crippen LogP contribution in [0, 0.1) is 0 Å². The molecule has 1 aromatic heterocycles. The number of carbonyl (C=O) groups excluding carboxylic acids is 1. The molecule has 2 fully saturated rings. The summed E-state index contributed by atoms with van der Waals surface area (Å²) in [6.07, 6.45) is 4.57. The van der Waals surface area contributed by atoms with Crippen molar-refractivity contribution < 1.29 is 4.79 Å². The van der Waals surface area contributed by atoms with E-state index in [4.69, 9.17) is 0 Å². The van der Waals surface area contributed by atoms with E-state index in [0.29, 0.717) is 12.5 Å². The van der Waals surface area contributed by atoms with Crippen LogP contribution in [0.25, 0.3) is 0 Å². The average Bonchev–Trinajstić information content (AvgIpc) is 3.24. The molecule has 0 unspecified atom stereocenters. The summed E-state index contributed by atoms with van der Waals surface area (Å²) in [5, 5.41) is 9.05. The van der Waals surface area contributed by atoms with Gasteiger partial charge in [0.05, 0.1) is 13.1 Å². The summed E-state index contributed by atoms with van der Waals surface area (Å²) in [4.78, 5) is 18.6. The molecule has 0 radical (unpaired) electrons. The monoisotopic (exact) mass is 348 g/mol. The first-order valence-electron chi connectivity index (χ1n) is 9.65. The summed E-state index contributed by atoms with van der Waals surface area (Å²) < 4.78 is 2.31. The van der Waals surface area contributed by atoms with Crippen molar-refractivity contribution >= 4 is 5.91 Å². The number of nitrogens with zero attached hydrogens (tertiary/aromatic N) is 6. The molecule has 3 rings (SSSR count). The highest BCUT2D eigenvalue weighted by atomic mass is 16.2. The zero-order chi connectivity index (χ0) is 17.8. The van der Waals surface area contributed by atoms with Gasteiger partial charge in [-0.1, -0.05) is 0 Å². The van der Waals surface area contributed by atoms with Crippen molar-refractivity contribution in [3.05, 3.63) is 11.6 Å².